The maximum absolute atomic E-state index is 12.7. The van der Waals surface area contributed by atoms with E-state index in [9.17, 15) is 4.79 Å². The van der Waals surface area contributed by atoms with Gasteiger partial charge in [-0.25, -0.2) is 0 Å². The maximum atomic E-state index is 12.7. The van der Waals surface area contributed by atoms with Crippen LogP contribution >= 0.6 is 22.6 Å². The van der Waals surface area contributed by atoms with E-state index in [0.29, 0.717) is 0 Å². The maximum Gasteiger partial charge on any atom is 0.232 e. The topological polar surface area (TPSA) is 41.1 Å². The van der Waals surface area contributed by atoms with Crippen LogP contribution in [0.2, 0.25) is 0 Å². The molecule has 1 aliphatic heterocycles. The van der Waals surface area contributed by atoms with Crippen molar-refractivity contribution in [2.45, 2.75) is 38.5 Å². The molecule has 1 aromatic carbocycles. The molecule has 0 atom stereocenters. The van der Waals surface area contributed by atoms with Gasteiger partial charge < -0.3 is 10.6 Å². The highest BCUT2D eigenvalue weighted by molar-refractivity contribution is 14.1. The van der Waals surface area contributed by atoms with Crippen molar-refractivity contribution in [1.82, 2.24) is 0 Å². The van der Waals surface area contributed by atoms with Crippen molar-refractivity contribution in [1.29, 1.82) is 0 Å². The molecule has 3 nitrogen and oxygen atoms in total. The first-order chi connectivity index (χ1) is 9.20. The van der Waals surface area contributed by atoms with Gasteiger partial charge in [-0.05, 0) is 53.6 Å². The van der Waals surface area contributed by atoms with Crippen LogP contribution in [0.4, 0.5) is 11.4 Å². The molecule has 2 aliphatic rings. The third kappa shape index (κ3) is 2.59. The SMILES string of the molecule is O=C1Nc2cc(I)ccc2NCC12CCCCCC2. The fraction of sp³-hybridized carbons (Fsp3) is 0.533. The van der Waals surface area contributed by atoms with Crippen LogP contribution in [0, 0.1) is 8.99 Å². The molecule has 1 amide bonds. The molecule has 0 radical (unpaired) electrons. The number of halogens is 1. The number of anilines is 2. The number of hydrogen-bond acceptors (Lipinski definition) is 2. The number of amides is 1. The van der Waals surface area contributed by atoms with Crippen LogP contribution in [0.3, 0.4) is 0 Å². The monoisotopic (exact) mass is 370 g/mol. The lowest BCUT2D eigenvalue weighted by Gasteiger charge is -2.29. The molecule has 2 N–H and O–H groups in total. The smallest absolute Gasteiger partial charge is 0.232 e. The highest BCUT2D eigenvalue weighted by atomic mass is 127. The summed E-state index contributed by atoms with van der Waals surface area (Å²) in [6.45, 7) is 0.770. The zero-order valence-electron chi connectivity index (χ0n) is 11.0. The summed E-state index contributed by atoms with van der Waals surface area (Å²) >= 11 is 2.28. The van der Waals surface area contributed by atoms with Crippen molar-refractivity contribution in [3.05, 3.63) is 21.8 Å². The average Bonchev–Trinajstić information content (AvgIpc) is 2.70. The van der Waals surface area contributed by atoms with E-state index in [0.717, 1.165) is 34.3 Å². The fourth-order valence-electron chi connectivity index (χ4n) is 3.18. The molecule has 102 valence electrons. The third-order valence-corrected chi connectivity index (χ3v) is 5.06. The van der Waals surface area contributed by atoms with Gasteiger partial charge >= 0.3 is 0 Å². The zero-order valence-corrected chi connectivity index (χ0v) is 13.1. The molecule has 3 rings (SSSR count). The van der Waals surface area contributed by atoms with Crippen LogP contribution < -0.4 is 10.6 Å². The molecule has 1 saturated carbocycles. The van der Waals surface area contributed by atoms with Gasteiger partial charge in [-0.1, -0.05) is 25.7 Å². The van der Waals surface area contributed by atoms with E-state index >= 15 is 0 Å². The van der Waals surface area contributed by atoms with Crippen molar-refractivity contribution in [2.75, 3.05) is 17.2 Å². The number of nitrogens with one attached hydrogen (secondary N) is 2. The van der Waals surface area contributed by atoms with Crippen LogP contribution in [0.15, 0.2) is 18.2 Å². The number of fused-ring (bicyclic) bond motifs is 1. The second-order valence-corrected chi connectivity index (χ2v) is 6.94. The molecule has 0 bridgehead atoms. The van der Waals surface area contributed by atoms with Gasteiger partial charge in [-0.3, -0.25) is 4.79 Å². The number of benzene rings is 1. The molecule has 19 heavy (non-hydrogen) atoms. The second-order valence-electron chi connectivity index (χ2n) is 5.69. The third-order valence-electron chi connectivity index (χ3n) is 4.39. The Morgan fingerprint density at radius 1 is 1.05 bits per heavy atom. The average molecular weight is 370 g/mol. The zero-order chi connectivity index (χ0) is 13.3. The van der Waals surface area contributed by atoms with E-state index in [1.165, 1.54) is 25.7 Å². The number of rotatable bonds is 0. The minimum atomic E-state index is -0.207. The van der Waals surface area contributed by atoms with Crippen molar-refractivity contribution in [3.8, 4) is 0 Å². The number of carbonyl (C=O) groups excluding carboxylic acids is 1. The van der Waals surface area contributed by atoms with Crippen LogP contribution in [-0.2, 0) is 4.79 Å². The van der Waals surface area contributed by atoms with E-state index in [1.807, 2.05) is 6.07 Å². The van der Waals surface area contributed by atoms with Crippen LogP contribution in [0.5, 0.6) is 0 Å². The van der Waals surface area contributed by atoms with Gasteiger partial charge in [-0.15, -0.1) is 0 Å². The van der Waals surface area contributed by atoms with E-state index < -0.39 is 0 Å². The Morgan fingerprint density at radius 3 is 2.53 bits per heavy atom. The van der Waals surface area contributed by atoms with E-state index in [-0.39, 0.29) is 11.3 Å². The van der Waals surface area contributed by atoms with Crippen LogP contribution in [0.1, 0.15) is 38.5 Å². The van der Waals surface area contributed by atoms with Crippen LogP contribution in [-0.4, -0.2) is 12.5 Å². The predicted molar refractivity (Wildman–Crippen MR) is 86.4 cm³/mol. The Bertz CT molecular complexity index is 493. The quantitative estimate of drug-likeness (QED) is 0.678. The van der Waals surface area contributed by atoms with Gasteiger partial charge in [0, 0.05) is 10.1 Å². The lowest BCUT2D eigenvalue weighted by Crippen LogP contribution is -2.39. The van der Waals surface area contributed by atoms with Crippen molar-refractivity contribution in [2.24, 2.45) is 5.41 Å². The Kier molecular flexibility index (Phi) is 3.69. The van der Waals surface area contributed by atoms with Gasteiger partial charge in [0.15, 0.2) is 0 Å². The first-order valence-electron chi connectivity index (χ1n) is 7.05. The van der Waals surface area contributed by atoms with Gasteiger partial charge in [-0.2, -0.15) is 0 Å². The minimum absolute atomic E-state index is 0.207. The first kappa shape index (κ1) is 13.2. The minimum Gasteiger partial charge on any atom is -0.382 e. The standard InChI is InChI=1S/C15H19IN2O/c16-11-5-6-12-13(9-11)18-14(19)15(10-17-12)7-3-1-2-4-8-15/h5-6,9,17H,1-4,7-8,10H2,(H,18,19). The molecular weight excluding hydrogens is 351 g/mol. The van der Waals surface area contributed by atoms with E-state index in [2.05, 4.69) is 45.4 Å². The number of carbonyl (C=O) groups is 1. The van der Waals surface area contributed by atoms with Crippen LogP contribution in [0.25, 0.3) is 0 Å². The predicted octanol–water partition coefficient (Wildman–Crippen LogP) is 4.00. The highest BCUT2D eigenvalue weighted by Crippen LogP contribution is 2.40. The molecule has 1 spiro atoms. The lowest BCUT2D eigenvalue weighted by molar-refractivity contribution is -0.125. The molecule has 1 aromatic rings. The van der Waals surface area contributed by atoms with Crippen molar-refractivity contribution >= 4 is 39.9 Å². The Labute approximate surface area is 127 Å². The summed E-state index contributed by atoms with van der Waals surface area (Å²) in [7, 11) is 0. The van der Waals surface area contributed by atoms with Crippen molar-refractivity contribution in [3.63, 3.8) is 0 Å². The number of hydrogen-bond donors (Lipinski definition) is 2. The molecule has 0 saturated heterocycles. The molecule has 1 aliphatic carbocycles. The first-order valence-corrected chi connectivity index (χ1v) is 8.12. The molecule has 0 unspecified atom stereocenters. The highest BCUT2D eigenvalue weighted by Gasteiger charge is 2.40. The summed E-state index contributed by atoms with van der Waals surface area (Å²) in [5, 5.41) is 6.63. The second kappa shape index (κ2) is 5.31. The molecule has 1 heterocycles. The molecular formula is C15H19IN2O. The van der Waals surface area contributed by atoms with Crippen molar-refractivity contribution < 1.29 is 4.79 Å². The van der Waals surface area contributed by atoms with E-state index in [4.69, 9.17) is 0 Å². The Hall–Kier alpha value is -0.780. The fourth-order valence-corrected chi connectivity index (χ4v) is 3.67. The van der Waals surface area contributed by atoms with Gasteiger partial charge in [0.2, 0.25) is 5.91 Å². The summed E-state index contributed by atoms with van der Waals surface area (Å²) in [5.41, 5.74) is 1.77. The Morgan fingerprint density at radius 2 is 1.79 bits per heavy atom. The summed E-state index contributed by atoms with van der Waals surface area (Å²) < 4.78 is 1.15. The van der Waals surface area contributed by atoms with E-state index in [1.54, 1.807) is 0 Å². The summed E-state index contributed by atoms with van der Waals surface area (Å²) in [5.74, 6) is 0.211. The normalized spacial score (nSPS) is 21.8. The molecule has 0 aromatic heterocycles. The lowest BCUT2D eigenvalue weighted by atomic mass is 9.79. The largest absolute Gasteiger partial charge is 0.382 e. The molecule has 4 heteroatoms. The summed E-state index contributed by atoms with van der Waals surface area (Å²) in [6, 6.07) is 6.17. The van der Waals surface area contributed by atoms with Gasteiger partial charge in [0.25, 0.3) is 0 Å². The van der Waals surface area contributed by atoms with Gasteiger partial charge in [0.05, 0.1) is 16.8 Å². The Balaban J connectivity index is 1.91. The summed E-state index contributed by atoms with van der Waals surface area (Å²) in [6.07, 6.45) is 6.89. The summed E-state index contributed by atoms with van der Waals surface area (Å²) in [4.78, 5) is 12.7. The van der Waals surface area contributed by atoms with Gasteiger partial charge in [0.1, 0.15) is 0 Å². The molecule has 1 fully saturated rings.